The summed E-state index contributed by atoms with van der Waals surface area (Å²) >= 11 is 0. The van der Waals surface area contributed by atoms with E-state index in [0.717, 1.165) is 22.3 Å². The van der Waals surface area contributed by atoms with Gasteiger partial charge in [-0.3, -0.25) is 4.90 Å². The van der Waals surface area contributed by atoms with Gasteiger partial charge in [0.25, 0.3) is 0 Å². The first-order chi connectivity index (χ1) is 21.4. The summed E-state index contributed by atoms with van der Waals surface area (Å²) in [6.45, 7) is 11.4. The van der Waals surface area contributed by atoms with Crippen LogP contribution in [0, 0.1) is 11.6 Å². The van der Waals surface area contributed by atoms with E-state index in [2.05, 4.69) is 6.07 Å². The first kappa shape index (κ1) is 34.9. The molecule has 2 aromatic carbocycles. The van der Waals surface area contributed by atoms with E-state index in [4.69, 9.17) is 23.7 Å². The Labute approximate surface area is 264 Å². The van der Waals surface area contributed by atoms with Crippen molar-refractivity contribution < 1.29 is 41.7 Å². The van der Waals surface area contributed by atoms with Gasteiger partial charge in [-0.2, -0.15) is 0 Å². The Bertz CT molecular complexity index is 1320. The fraction of sp³-hybridized carbons (Fsp3) is 0.571. The third kappa shape index (κ3) is 9.09. The number of nitrogens with zero attached hydrogens (tertiary/aromatic N) is 1. The second-order valence-electron chi connectivity index (χ2n) is 12.3. The normalized spacial score (nSPS) is 19.7. The maximum atomic E-state index is 15.9. The molecule has 0 bridgehead atoms. The van der Waals surface area contributed by atoms with Crippen LogP contribution in [-0.2, 0) is 30.2 Å². The smallest absolute Gasteiger partial charge is 0.332 e. The van der Waals surface area contributed by atoms with E-state index in [0.29, 0.717) is 19.4 Å². The number of fused-ring (bicyclic) bond motifs is 2. The molecule has 1 aliphatic heterocycles. The van der Waals surface area contributed by atoms with Crippen molar-refractivity contribution in [1.82, 2.24) is 4.90 Å². The van der Waals surface area contributed by atoms with E-state index in [1.165, 1.54) is 26.0 Å². The number of benzene rings is 2. The zero-order valence-electron chi connectivity index (χ0n) is 27.2. The molecule has 0 spiro atoms. The Morgan fingerprint density at radius 2 is 1.67 bits per heavy atom. The summed E-state index contributed by atoms with van der Waals surface area (Å²) in [7, 11) is 0. The molecule has 45 heavy (non-hydrogen) atoms. The molecule has 0 amide bonds. The summed E-state index contributed by atoms with van der Waals surface area (Å²) in [6.07, 6.45) is 0.712. The van der Waals surface area contributed by atoms with Crippen LogP contribution in [0.5, 0.6) is 5.75 Å². The molecule has 10 heteroatoms. The quantitative estimate of drug-likeness (QED) is 0.152. The van der Waals surface area contributed by atoms with Crippen LogP contribution in [0.1, 0.15) is 70.7 Å². The van der Waals surface area contributed by atoms with Crippen molar-refractivity contribution in [1.29, 1.82) is 0 Å². The number of alkyl halides is 1. The molecule has 2 aliphatic rings. The largest absolute Gasteiger partial charge is 0.491 e. The van der Waals surface area contributed by atoms with Crippen LogP contribution in [-0.4, -0.2) is 81.0 Å². The second-order valence-corrected chi connectivity index (χ2v) is 12.3. The van der Waals surface area contributed by atoms with Gasteiger partial charge >= 0.3 is 5.97 Å². The molecule has 4 atom stereocenters. The average Bonchev–Trinajstić information content (AvgIpc) is 3.33. The monoisotopic (exact) mass is 633 g/mol. The number of rotatable bonds is 16. The third-order valence-electron chi connectivity index (χ3n) is 8.25. The topological polar surface area (TPSA) is 66.5 Å². The maximum absolute atomic E-state index is 15.9. The van der Waals surface area contributed by atoms with Crippen molar-refractivity contribution in [3.05, 3.63) is 70.3 Å². The number of carbonyl (C=O) groups is 1. The summed E-state index contributed by atoms with van der Waals surface area (Å²) < 4.78 is 73.9. The van der Waals surface area contributed by atoms with E-state index in [9.17, 15) is 4.79 Å². The van der Waals surface area contributed by atoms with E-state index in [1.54, 1.807) is 6.92 Å². The Morgan fingerprint density at radius 3 is 2.31 bits per heavy atom. The lowest BCUT2D eigenvalue weighted by Gasteiger charge is -2.44. The van der Waals surface area contributed by atoms with Crippen LogP contribution in [0.15, 0.2) is 42.0 Å². The van der Waals surface area contributed by atoms with E-state index < -0.39 is 29.3 Å². The van der Waals surface area contributed by atoms with Crippen LogP contribution in [0.3, 0.4) is 0 Å². The summed E-state index contributed by atoms with van der Waals surface area (Å²) in [6, 6.07) is 9.58. The second kappa shape index (κ2) is 15.6. The molecule has 0 aromatic heterocycles. The summed E-state index contributed by atoms with van der Waals surface area (Å²) in [5.41, 5.74) is 2.63. The number of esters is 1. The van der Waals surface area contributed by atoms with Gasteiger partial charge in [0.2, 0.25) is 0 Å². The van der Waals surface area contributed by atoms with Gasteiger partial charge in [0, 0.05) is 30.3 Å². The molecule has 2 aromatic rings. The highest BCUT2D eigenvalue weighted by Crippen LogP contribution is 2.50. The molecule has 0 radical (unpaired) electrons. The van der Waals surface area contributed by atoms with Gasteiger partial charge in [-0.25, -0.2) is 18.0 Å². The Hall–Kier alpha value is -2.92. The Balaban J connectivity index is 1.37. The molecular formula is C35H46F3NO6. The standard InChI is InChI=1S/C35H46F3NO6/c1-7-42-32(40)20-41-12-13-43-23(3)24(4)44-14-15-45-26-18-30(36)33(31(37)19-26)34-29-17-25-10-8-9-11-27(25)28(29)16-22(2)39(34)21-35(5,6)38/h8-11,18-19,22-24,34H,7,12-17,20-21H2,1-6H3/t22-,23-,24-,34+/m1/s1. The number of halogens is 3. The van der Waals surface area contributed by atoms with E-state index in [1.807, 2.05) is 43.9 Å². The Kier molecular flexibility index (Phi) is 12.1. The number of hydrogen-bond donors (Lipinski definition) is 0. The molecule has 0 unspecified atom stereocenters. The molecule has 0 N–H and O–H groups in total. The first-order valence-corrected chi connectivity index (χ1v) is 15.7. The minimum absolute atomic E-state index is 0.0430. The van der Waals surface area contributed by atoms with Crippen LogP contribution < -0.4 is 4.74 Å². The van der Waals surface area contributed by atoms with Gasteiger partial charge in [-0.05, 0) is 76.7 Å². The van der Waals surface area contributed by atoms with Gasteiger partial charge in [0.1, 0.15) is 36.3 Å². The molecule has 0 fully saturated rings. The predicted octanol–water partition coefficient (Wildman–Crippen LogP) is 6.63. The molecule has 1 aliphatic carbocycles. The van der Waals surface area contributed by atoms with Crippen molar-refractivity contribution in [3.8, 4) is 5.75 Å². The molecular weight excluding hydrogens is 587 g/mol. The highest BCUT2D eigenvalue weighted by atomic mass is 19.1. The SMILES string of the molecule is CCOC(=O)COCCO[C@H](C)[C@@H](C)OCCOc1cc(F)c([C@@H]2C3=C(C[C@@H](C)N2CC(C)(C)F)c2ccccc2C3)c(F)c1. The van der Waals surface area contributed by atoms with Gasteiger partial charge in [-0.15, -0.1) is 0 Å². The lowest BCUT2D eigenvalue weighted by molar-refractivity contribution is -0.149. The van der Waals surface area contributed by atoms with E-state index >= 15 is 13.2 Å². The van der Waals surface area contributed by atoms with Crippen LogP contribution in [0.4, 0.5) is 13.2 Å². The van der Waals surface area contributed by atoms with Crippen molar-refractivity contribution in [2.24, 2.45) is 0 Å². The molecule has 248 valence electrons. The van der Waals surface area contributed by atoms with Gasteiger partial charge < -0.3 is 23.7 Å². The number of hydrogen-bond acceptors (Lipinski definition) is 7. The summed E-state index contributed by atoms with van der Waals surface area (Å²) in [5.74, 6) is -1.82. The van der Waals surface area contributed by atoms with Gasteiger partial charge in [0.05, 0.1) is 44.7 Å². The maximum Gasteiger partial charge on any atom is 0.332 e. The van der Waals surface area contributed by atoms with Crippen LogP contribution >= 0.6 is 0 Å². The molecule has 1 heterocycles. The van der Waals surface area contributed by atoms with Crippen LogP contribution in [0.2, 0.25) is 0 Å². The zero-order valence-corrected chi connectivity index (χ0v) is 27.2. The van der Waals surface area contributed by atoms with Gasteiger partial charge in [0.15, 0.2) is 0 Å². The molecule has 4 rings (SSSR count). The fourth-order valence-corrected chi connectivity index (χ4v) is 6.07. The van der Waals surface area contributed by atoms with E-state index in [-0.39, 0.29) is 69.1 Å². The lowest BCUT2D eigenvalue weighted by atomic mass is 9.84. The lowest BCUT2D eigenvalue weighted by Crippen LogP contribution is -2.47. The zero-order chi connectivity index (χ0) is 32.7. The minimum Gasteiger partial charge on any atom is -0.491 e. The van der Waals surface area contributed by atoms with Crippen molar-refractivity contribution >= 4 is 11.5 Å². The van der Waals surface area contributed by atoms with Crippen LogP contribution in [0.25, 0.3) is 5.57 Å². The third-order valence-corrected chi connectivity index (χ3v) is 8.25. The van der Waals surface area contributed by atoms with Gasteiger partial charge in [-0.1, -0.05) is 24.3 Å². The summed E-state index contributed by atoms with van der Waals surface area (Å²) in [5, 5.41) is 0. The Morgan fingerprint density at radius 1 is 1.02 bits per heavy atom. The van der Waals surface area contributed by atoms with Crippen molar-refractivity contribution in [2.45, 2.75) is 84.3 Å². The molecule has 7 nitrogen and oxygen atoms in total. The summed E-state index contributed by atoms with van der Waals surface area (Å²) in [4.78, 5) is 13.2. The van der Waals surface area contributed by atoms with Crippen molar-refractivity contribution in [2.75, 3.05) is 46.2 Å². The highest BCUT2D eigenvalue weighted by molar-refractivity contribution is 5.79. The average molecular weight is 634 g/mol. The number of ether oxygens (including phenoxy) is 5. The first-order valence-electron chi connectivity index (χ1n) is 15.7. The molecule has 0 saturated carbocycles. The molecule has 0 saturated heterocycles. The highest BCUT2D eigenvalue weighted by Gasteiger charge is 2.43. The predicted molar refractivity (Wildman–Crippen MR) is 166 cm³/mol. The number of carbonyl (C=O) groups excluding carboxylic acids is 1. The fourth-order valence-electron chi connectivity index (χ4n) is 6.07. The minimum atomic E-state index is -1.55. The van der Waals surface area contributed by atoms with Crippen molar-refractivity contribution in [3.63, 3.8) is 0 Å².